The molecule has 2 aromatic heterocycles. The van der Waals surface area contributed by atoms with Crippen LogP contribution in [0.3, 0.4) is 0 Å². The molecule has 0 bridgehead atoms. The quantitative estimate of drug-likeness (QED) is 0.651. The van der Waals surface area contributed by atoms with Crippen molar-refractivity contribution in [2.45, 2.75) is 25.7 Å². The van der Waals surface area contributed by atoms with Crippen LogP contribution in [0.15, 0.2) is 36.7 Å². The first-order valence-corrected chi connectivity index (χ1v) is 7.91. The molecule has 7 heteroatoms. The molecule has 1 aromatic carbocycles. The van der Waals surface area contributed by atoms with Gasteiger partial charge in [-0.3, -0.25) is 0 Å². The molecule has 2 heterocycles. The van der Waals surface area contributed by atoms with Crippen LogP contribution in [-0.2, 0) is 6.42 Å². The lowest BCUT2D eigenvalue weighted by atomic mass is 10.1. The van der Waals surface area contributed by atoms with Gasteiger partial charge in [-0.1, -0.05) is 6.42 Å². The number of nitrogens with zero attached hydrogens (tertiary/aromatic N) is 3. The lowest BCUT2D eigenvalue weighted by Gasteiger charge is -2.07. The Kier molecular flexibility index (Phi) is 4.88. The summed E-state index contributed by atoms with van der Waals surface area (Å²) in [5.41, 5.74) is 7.39. The van der Waals surface area contributed by atoms with Crippen molar-refractivity contribution < 1.29 is 8.78 Å². The molecule has 0 unspecified atom stereocenters. The van der Waals surface area contributed by atoms with E-state index in [1.165, 1.54) is 12.1 Å². The number of halogens is 2. The largest absolute Gasteiger partial charge is 0.394 e. The summed E-state index contributed by atoms with van der Waals surface area (Å²) in [4.78, 5) is 4.39. The SMILES string of the molecule is Nc1cnn2ccc(NCCCCCc3cc(F)ccc3F)nc12. The molecule has 0 radical (unpaired) electrons. The van der Waals surface area contributed by atoms with Gasteiger partial charge in [-0.25, -0.2) is 18.3 Å². The number of unbranched alkanes of at least 4 members (excludes halogenated alkanes) is 2. The molecule has 5 nitrogen and oxygen atoms in total. The second-order valence-electron chi connectivity index (χ2n) is 5.65. The lowest BCUT2D eigenvalue weighted by Crippen LogP contribution is -2.05. The molecule has 0 aliphatic rings. The third-order valence-electron chi connectivity index (χ3n) is 3.83. The van der Waals surface area contributed by atoms with E-state index in [1.54, 1.807) is 16.9 Å². The van der Waals surface area contributed by atoms with Gasteiger partial charge >= 0.3 is 0 Å². The summed E-state index contributed by atoms with van der Waals surface area (Å²) in [6.45, 7) is 0.753. The molecule has 0 fully saturated rings. The Labute approximate surface area is 138 Å². The average Bonchev–Trinajstić information content (AvgIpc) is 2.95. The van der Waals surface area contributed by atoms with Crippen LogP contribution in [0.4, 0.5) is 20.3 Å². The van der Waals surface area contributed by atoms with Crippen molar-refractivity contribution in [1.29, 1.82) is 0 Å². The van der Waals surface area contributed by atoms with Crippen LogP contribution in [-0.4, -0.2) is 21.1 Å². The number of benzene rings is 1. The molecule has 0 amide bonds. The maximum absolute atomic E-state index is 13.5. The molecular weight excluding hydrogens is 312 g/mol. The highest BCUT2D eigenvalue weighted by Crippen LogP contribution is 2.14. The van der Waals surface area contributed by atoms with Crippen LogP contribution >= 0.6 is 0 Å². The van der Waals surface area contributed by atoms with Gasteiger partial charge in [-0.2, -0.15) is 5.10 Å². The zero-order valence-electron chi connectivity index (χ0n) is 13.2. The standard InChI is InChI=1S/C17H19F2N5/c18-13-5-6-14(19)12(10-13)4-2-1-3-8-21-16-7-9-24-17(23-16)15(20)11-22-24/h5-7,9-11H,1-4,8,20H2,(H,21,23). The number of hydrogen-bond acceptors (Lipinski definition) is 4. The summed E-state index contributed by atoms with van der Waals surface area (Å²) >= 11 is 0. The summed E-state index contributed by atoms with van der Waals surface area (Å²) in [7, 11) is 0. The highest BCUT2D eigenvalue weighted by Gasteiger charge is 2.04. The van der Waals surface area contributed by atoms with Gasteiger partial charge in [-0.05, 0) is 49.1 Å². The van der Waals surface area contributed by atoms with Gasteiger partial charge in [0.1, 0.15) is 17.5 Å². The zero-order chi connectivity index (χ0) is 16.9. The number of aromatic nitrogens is 3. The monoisotopic (exact) mass is 331 g/mol. The van der Waals surface area contributed by atoms with E-state index in [1.807, 2.05) is 6.07 Å². The first-order chi connectivity index (χ1) is 11.6. The molecule has 24 heavy (non-hydrogen) atoms. The predicted octanol–water partition coefficient (Wildman–Crippen LogP) is 3.41. The van der Waals surface area contributed by atoms with Gasteiger partial charge in [-0.15, -0.1) is 0 Å². The fourth-order valence-electron chi connectivity index (χ4n) is 2.55. The van der Waals surface area contributed by atoms with E-state index in [0.29, 0.717) is 23.3 Å². The smallest absolute Gasteiger partial charge is 0.180 e. The third kappa shape index (κ3) is 3.79. The summed E-state index contributed by atoms with van der Waals surface area (Å²) < 4.78 is 28.2. The Morgan fingerprint density at radius 2 is 2.00 bits per heavy atom. The first-order valence-electron chi connectivity index (χ1n) is 7.91. The van der Waals surface area contributed by atoms with Gasteiger partial charge in [0, 0.05) is 12.7 Å². The fourth-order valence-corrected chi connectivity index (χ4v) is 2.55. The molecule has 3 rings (SSSR count). The van der Waals surface area contributed by atoms with E-state index in [-0.39, 0.29) is 5.82 Å². The van der Waals surface area contributed by atoms with E-state index in [9.17, 15) is 8.78 Å². The van der Waals surface area contributed by atoms with E-state index < -0.39 is 5.82 Å². The molecular formula is C17H19F2N5. The molecule has 3 aromatic rings. The van der Waals surface area contributed by atoms with Gasteiger partial charge in [0.25, 0.3) is 0 Å². The minimum Gasteiger partial charge on any atom is -0.394 e. The first kappa shape index (κ1) is 16.2. The van der Waals surface area contributed by atoms with E-state index in [2.05, 4.69) is 15.4 Å². The number of nitrogens with one attached hydrogen (secondary N) is 1. The maximum atomic E-state index is 13.5. The van der Waals surface area contributed by atoms with Crippen molar-refractivity contribution in [2.75, 3.05) is 17.6 Å². The summed E-state index contributed by atoms with van der Waals surface area (Å²) in [6.07, 6.45) is 6.55. The number of hydrogen-bond donors (Lipinski definition) is 2. The van der Waals surface area contributed by atoms with Crippen LogP contribution in [0.2, 0.25) is 0 Å². The number of aryl methyl sites for hydroxylation is 1. The van der Waals surface area contributed by atoms with Crippen LogP contribution < -0.4 is 11.1 Å². The lowest BCUT2D eigenvalue weighted by molar-refractivity contribution is 0.576. The Balaban J connectivity index is 1.42. The molecule has 3 N–H and O–H groups in total. The molecule has 126 valence electrons. The van der Waals surface area contributed by atoms with Crippen molar-refractivity contribution in [1.82, 2.24) is 14.6 Å². The van der Waals surface area contributed by atoms with Crippen LogP contribution in [0.1, 0.15) is 24.8 Å². The molecule has 0 aliphatic heterocycles. The van der Waals surface area contributed by atoms with Crippen molar-refractivity contribution in [3.63, 3.8) is 0 Å². The topological polar surface area (TPSA) is 68.2 Å². The zero-order valence-corrected chi connectivity index (χ0v) is 13.2. The van der Waals surface area contributed by atoms with Crippen molar-refractivity contribution >= 4 is 17.2 Å². The minimum atomic E-state index is -0.395. The van der Waals surface area contributed by atoms with Crippen LogP contribution in [0.25, 0.3) is 5.65 Å². The summed E-state index contributed by atoms with van der Waals surface area (Å²) in [5, 5.41) is 7.30. The van der Waals surface area contributed by atoms with E-state index in [4.69, 9.17) is 5.73 Å². The number of nitrogen functional groups attached to an aromatic ring is 1. The summed E-state index contributed by atoms with van der Waals surface area (Å²) in [5.74, 6) is 0.00461. The second kappa shape index (κ2) is 7.25. The highest BCUT2D eigenvalue weighted by atomic mass is 19.1. The van der Waals surface area contributed by atoms with E-state index in [0.717, 1.165) is 37.7 Å². The fraction of sp³-hybridized carbons (Fsp3) is 0.294. The van der Waals surface area contributed by atoms with Crippen molar-refractivity contribution in [3.8, 4) is 0 Å². The highest BCUT2D eigenvalue weighted by molar-refractivity contribution is 5.65. The molecule has 0 spiro atoms. The van der Waals surface area contributed by atoms with Gasteiger partial charge < -0.3 is 11.1 Å². The number of rotatable bonds is 7. The number of nitrogens with two attached hydrogens (primary N) is 1. The van der Waals surface area contributed by atoms with Gasteiger partial charge in [0.05, 0.1) is 11.9 Å². The van der Waals surface area contributed by atoms with Crippen molar-refractivity contribution in [2.24, 2.45) is 0 Å². The average molecular weight is 331 g/mol. The third-order valence-corrected chi connectivity index (χ3v) is 3.83. The number of anilines is 2. The molecule has 0 saturated carbocycles. The van der Waals surface area contributed by atoms with E-state index >= 15 is 0 Å². The van der Waals surface area contributed by atoms with Gasteiger partial charge in [0.2, 0.25) is 0 Å². The van der Waals surface area contributed by atoms with Gasteiger partial charge in [0.15, 0.2) is 5.65 Å². The summed E-state index contributed by atoms with van der Waals surface area (Å²) in [6, 6.07) is 5.42. The van der Waals surface area contributed by atoms with Crippen molar-refractivity contribution in [3.05, 3.63) is 53.9 Å². The molecule has 0 saturated heterocycles. The normalized spacial score (nSPS) is 11.1. The Hall–Kier alpha value is -2.70. The molecule has 0 aliphatic carbocycles. The Bertz CT molecular complexity index is 831. The number of fused-ring (bicyclic) bond motifs is 1. The Morgan fingerprint density at radius 3 is 2.88 bits per heavy atom. The van der Waals surface area contributed by atoms with Crippen LogP contribution in [0, 0.1) is 11.6 Å². The maximum Gasteiger partial charge on any atom is 0.180 e. The predicted molar refractivity (Wildman–Crippen MR) is 89.8 cm³/mol. The molecule has 0 atom stereocenters. The minimum absolute atomic E-state index is 0.342. The second-order valence-corrected chi connectivity index (χ2v) is 5.65. The Morgan fingerprint density at radius 1 is 1.12 bits per heavy atom. The van der Waals surface area contributed by atoms with Crippen LogP contribution in [0.5, 0.6) is 0 Å².